The van der Waals surface area contributed by atoms with E-state index in [0.717, 1.165) is 0 Å². The van der Waals surface area contributed by atoms with Gasteiger partial charge in [0.05, 0.1) is 11.5 Å². The van der Waals surface area contributed by atoms with E-state index in [4.69, 9.17) is 9.47 Å². The van der Waals surface area contributed by atoms with Gasteiger partial charge in [-0.25, -0.2) is 0 Å². The van der Waals surface area contributed by atoms with Crippen LogP contribution in [-0.4, -0.2) is 21.4 Å². The molecule has 9 nitrogen and oxygen atoms in total. The molecule has 1 aromatic heterocycles. The minimum atomic E-state index is -0.676. The Balaban J connectivity index is 2.36. The van der Waals surface area contributed by atoms with Gasteiger partial charge in [-0.15, -0.1) is 0 Å². The second kappa shape index (κ2) is 6.48. The van der Waals surface area contributed by atoms with E-state index >= 15 is 0 Å². The highest BCUT2D eigenvalue weighted by Crippen LogP contribution is 2.35. The Morgan fingerprint density at radius 2 is 1.91 bits per heavy atom. The minimum absolute atomic E-state index is 0.0246. The highest BCUT2D eigenvalue weighted by Gasteiger charge is 2.19. The second-order valence-corrected chi connectivity index (χ2v) is 4.00. The number of hydrogen-bond donors (Lipinski definition) is 0. The lowest BCUT2D eigenvalue weighted by atomic mass is 10.2. The Morgan fingerprint density at radius 3 is 2.55 bits per heavy atom. The number of hydrogen-bond acceptors (Lipinski definition) is 7. The van der Waals surface area contributed by atoms with Gasteiger partial charge in [-0.3, -0.25) is 10.1 Å². The number of rotatable bonds is 6. The van der Waals surface area contributed by atoms with Crippen LogP contribution >= 0.6 is 0 Å². The lowest BCUT2D eigenvalue weighted by Crippen LogP contribution is -1.99. The first-order valence-electron chi connectivity index (χ1n) is 6.21. The lowest BCUT2D eigenvalue weighted by Gasteiger charge is -2.08. The molecule has 0 aliphatic heterocycles. The van der Waals surface area contributed by atoms with Crippen molar-refractivity contribution in [3.05, 3.63) is 56.8 Å². The fraction of sp³-hybridized carbons (Fsp3) is 0.154. The number of benzene rings is 1. The van der Waals surface area contributed by atoms with Crippen molar-refractivity contribution in [2.75, 3.05) is 6.61 Å². The zero-order valence-corrected chi connectivity index (χ0v) is 11.5. The molecule has 1 heterocycles. The van der Waals surface area contributed by atoms with Crippen molar-refractivity contribution in [1.82, 2.24) is 4.98 Å². The smallest absolute Gasteiger partial charge is 0.406 e. The Morgan fingerprint density at radius 1 is 1.14 bits per heavy atom. The van der Waals surface area contributed by atoms with Gasteiger partial charge in [0.1, 0.15) is 11.9 Å². The molecule has 0 aliphatic carbocycles. The standard InChI is InChI=1S/C13H11N3O6/c1-2-21-12-8-9(5-6-10(12)15(17)18)22-11-4-3-7-14-13(11)16(19)20/h3-8H,2H2,1H3. The van der Waals surface area contributed by atoms with Crippen molar-refractivity contribution in [2.45, 2.75) is 6.92 Å². The van der Waals surface area contributed by atoms with Crippen LogP contribution in [-0.2, 0) is 0 Å². The maximum Gasteiger partial charge on any atom is 0.406 e. The Labute approximate surface area is 124 Å². The molecule has 0 saturated carbocycles. The van der Waals surface area contributed by atoms with Gasteiger partial charge in [0.15, 0.2) is 0 Å². The number of pyridine rings is 1. The topological polar surface area (TPSA) is 118 Å². The van der Waals surface area contributed by atoms with Crippen LogP contribution in [0.3, 0.4) is 0 Å². The van der Waals surface area contributed by atoms with Gasteiger partial charge in [-0.1, -0.05) is 0 Å². The predicted molar refractivity (Wildman–Crippen MR) is 75.2 cm³/mol. The molecule has 0 amide bonds. The third-order valence-corrected chi connectivity index (χ3v) is 2.58. The SMILES string of the molecule is CCOc1cc(Oc2cccnc2[N+](=O)[O-])ccc1[N+](=O)[O-]. The molecule has 0 aliphatic rings. The molecule has 22 heavy (non-hydrogen) atoms. The molecule has 0 N–H and O–H groups in total. The Kier molecular flexibility index (Phi) is 4.47. The van der Waals surface area contributed by atoms with E-state index in [1.807, 2.05) is 0 Å². The highest BCUT2D eigenvalue weighted by molar-refractivity contribution is 5.52. The molecule has 1 aromatic carbocycles. The summed E-state index contributed by atoms with van der Waals surface area (Å²) in [6, 6.07) is 6.71. The highest BCUT2D eigenvalue weighted by atomic mass is 16.6. The summed E-state index contributed by atoms with van der Waals surface area (Å²) in [6.45, 7) is 1.92. The maximum atomic E-state index is 10.9. The van der Waals surface area contributed by atoms with E-state index in [-0.39, 0.29) is 29.5 Å². The quantitative estimate of drug-likeness (QED) is 0.594. The largest absolute Gasteiger partial charge is 0.487 e. The van der Waals surface area contributed by atoms with Crippen LogP contribution in [0.5, 0.6) is 17.2 Å². The molecule has 0 unspecified atom stereocenters. The number of nitro benzene ring substituents is 1. The van der Waals surface area contributed by atoms with E-state index in [1.165, 1.54) is 36.5 Å². The van der Waals surface area contributed by atoms with E-state index < -0.39 is 15.7 Å². The number of ether oxygens (including phenoxy) is 2. The van der Waals surface area contributed by atoms with Gasteiger partial charge in [-0.2, -0.15) is 0 Å². The molecule has 0 fully saturated rings. The average molecular weight is 305 g/mol. The zero-order chi connectivity index (χ0) is 16.1. The molecule has 9 heteroatoms. The van der Waals surface area contributed by atoms with Crippen molar-refractivity contribution < 1.29 is 19.3 Å². The van der Waals surface area contributed by atoms with Crippen LogP contribution in [0.15, 0.2) is 36.5 Å². The lowest BCUT2D eigenvalue weighted by molar-refractivity contribution is -0.390. The monoisotopic (exact) mass is 305 g/mol. The maximum absolute atomic E-state index is 10.9. The van der Waals surface area contributed by atoms with Crippen LogP contribution in [0.2, 0.25) is 0 Å². The summed E-state index contributed by atoms with van der Waals surface area (Å²) in [5.74, 6) is -0.315. The first kappa shape index (κ1) is 15.2. The zero-order valence-electron chi connectivity index (χ0n) is 11.5. The molecular formula is C13H11N3O6. The minimum Gasteiger partial charge on any atom is -0.487 e. The Bertz CT molecular complexity index is 719. The van der Waals surface area contributed by atoms with Crippen LogP contribution in [0, 0.1) is 20.2 Å². The summed E-state index contributed by atoms with van der Waals surface area (Å²) in [7, 11) is 0. The van der Waals surface area contributed by atoms with Crippen molar-refractivity contribution in [3.8, 4) is 17.2 Å². The first-order valence-corrected chi connectivity index (χ1v) is 6.21. The summed E-state index contributed by atoms with van der Waals surface area (Å²) in [5.41, 5.74) is -0.213. The van der Waals surface area contributed by atoms with Crippen LogP contribution in [0.1, 0.15) is 6.92 Å². The van der Waals surface area contributed by atoms with Crippen LogP contribution < -0.4 is 9.47 Å². The second-order valence-electron chi connectivity index (χ2n) is 4.00. The van der Waals surface area contributed by atoms with Gasteiger partial charge >= 0.3 is 11.5 Å². The van der Waals surface area contributed by atoms with Gasteiger partial charge in [0, 0.05) is 12.1 Å². The number of aromatic nitrogens is 1. The summed E-state index contributed by atoms with van der Waals surface area (Å²) in [4.78, 5) is 24.1. The number of nitrogens with zero attached hydrogens (tertiary/aromatic N) is 3. The van der Waals surface area contributed by atoms with Crippen LogP contribution in [0.25, 0.3) is 0 Å². The summed E-state index contributed by atoms with van der Waals surface area (Å²) in [6.07, 6.45) is 1.27. The molecule has 114 valence electrons. The molecule has 0 bridgehead atoms. The third kappa shape index (κ3) is 3.26. The van der Waals surface area contributed by atoms with Crippen molar-refractivity contribution in [3.63, 3.8) is 0 Å². The molecular weight excluding hydrogens is 294 g/mol. The first-order chi connectivity index (χ1) is 10.5. The van der Waals surface area contributed by atoms with Gasteiger partial charge in [0.2, 0.25) is 11.5 Å². The van der Waals surface area contributed by atoms with Crippen molar-refractivity contribution >= 4 is 11.5 Å². The average Bonchev–Trinajstić information content (AvgIpc) is 2.48. The molecule has 0 radical (unpaired) electrons. The van der Waals surface area contributed by atoms with Gasteiger partial charge in [0.25, 0.3) is 0 Å². The fourth-order valence-electron chi connectivity index (χ4n) is 1.71. The van der Waals surface area contributed by atoms with Crippen molar-refractivity contribution in [2.24, 2.45) is 0 Å². The molecule has 0 saturated heterocycles. The van der Waals surface area contributed by atoms with E-state index in [0.29, 0.717) is 0 Å². The molecule has 0 spiro atoms. The van der Waals surface area contributed by atoms with Crippen molar-refractivity contribution in [1.29, 1.82) is 0 Å². The predicted octanol–water partition coefficient (Wildman–Crippen LogP) is 3.09. The van der Waals surface area contributed by atoms with E-state index in [1.54, 1.807) is 6.92 Å². The molecule has 2 rings (SSSR count). The normalized spacial score (nSPS) is 10.0. The van der Waals surface area contributed by atoms with E-state index in [9.17, 15) is 20.2 Å². The summed E-state index contributed by atoms with van der Waals surface area (Å²) in [5, 5.41) is 21.8. The third-order valence-electron chi connectivity index (χ3n) is 2.58. The fourth-order valence-corrected chi connectivity index (χ4v) is 1.71. The number of nitro groups is 2. The summed E-state index contributed by atoms with van der Waals surface area (Å²) < 4.78 is 10.6. The molecule has 2 aromatic rings. The van der Waals surface area contributed by atoms with Gasteiger partial charge < -0.3 is 19.6 Å². The van der Waals surface area contributed by atoms with E-state index in [2.05, 4.69) is 4.98 Å². The Hall–Kier alpha value is -3.23. The molecule has 0 atom stereocenters. The van der Waals surface area contributed by atoms with Gasteiger partial charge in [-0.05, 0) is 35.0 Å². The summed E-state index contributed by atoms with van der Waals surface area (Å²) >= 11 is 0. The van der Waals surface area contributed by atoms with Crippen LogP contribution in [0.4, 0.5) is 11.5 Å².